The minimum atomic E-state index is -0.0324. The van der Waals surface area contributed by atoms with Crippen LogP contribution in [0.25, 0.3) is 0 Å². The summed E-state index contributed by atoms with van der Waals surface area (Å²) in [7, 11) is 1.87. The van der Waals surface area contributed by atoms with E-state index in [4.69, 9.17) is 0 Å². The van der Waals surface area contributed by atoms with Crippen molar-refractivity contribution >= 4 is 5.91 Å². The first-order chi connectivity index (χ1) is 4.22. The Kier molecular flexibility index (Phi) is 1.42. The maximum absolute atomic E-state index is 10.8. The third kappa shape index (κ3) is 1.04. The normalized spacial score (nSPS) is 26.2. The molecule has 0 aromatic carbocycles. The summed E-state index contributed by atoms with van der Waals surface area (Å²) in [5.74, 6) is 0.0556. The molecule has 1 rings (SSSR count). The second kappa shape index (κ2) is 2.09. The molecule has 1 N–H and O–H groups in total. The molecule has 1 aliphatic rings. The molecule has 0 aromatic rings. The van der Waals surface area contributed by atoms with Crippen LogP contribution in [0.1, 0.15) is 6.92 Å². The molecule has 0 spiro atoms. The van der Waals surface area contributed by atoms with Gasteiger partial charge in [0.1, 0.15) is 6.04 Å². The van der Waals surface area contributed by atoms with E-state index in [9.17, 15) is 4.79 Å². The molecule has 3 heteroatoms. The summed E-state index contributed by atoms with van der Waals surface area (Å²) in [6.07, 6.45) is 3.48. The zero-order chi connectivity index (χ0) is 6.85. The second-order valence-corrected chi connectivity index (χ2v) is 2.17. The van der Waals surface area contributed by atoms with Crippen LogP contribution < -0.4 is 5.32 Å². The minimum absolute atomic E-state index is 0.0324. The number of likely N-dealkylation sites (N-methyl/N-ethyl adjacent to an activating group) is 1. The summed E-state index contributed by atoms with van der Waals surface area (Å²) in [4.78, 5) is 12.7. The van der Waals surface area contributed by atoms with Gasteiger partial charge in [-0.1, -0.05) is 0 Å². The SMILES string of the molecule is CC1C(=O)NC=CN1C. The molecular weight excluding hydrogens is 116 g/mol. The van der Waals surface area contributed by atoms with Crippen LogP contribution in [0.15, 0.2) is 12.4 Å². The Morgan fingerprint density at radius 1 is 1.78 bits per heavy atom. The minimum Gasteiger partial charge on any atom is -0.368 e. The van der Waals surface area contributed by atoms with Gasteiger partial charge in [0, 0.05) is 19.4 Å². The van der Waals surface area contributed by atoms with Crippen LogP contribution in [0.4, 0.5) is 0 Å². The van der Waals surface area contributed by atoms with Crippen molar-refractivity contribution in [2.75, 3.05) is 7.05 Å². The van der Waals surface area contributed by atoms with Crippen molar-refractivity contribution in [2.24, 2.45) is 0 Å². The summed E-state index contributed by atoms with van der Waals surface area (Å²) in [6, 6.07) is -0.0324. The van der Waals surface area contributed by atoms with Crippen LogP contribution in [-0.4, -0.2) is 23.9 Å². The number of rotatable bonds is 0. The first-order valence-corrected chi connectivity index (χ1v) is 2.91. The molecular formula is C6H10N2O. The summed E-state index contributed by atoms with van der Waals surface area (Å²) in [6.45, 7) is 1.86. The summed E-state index contributed by atoms with van der Waals surface area (Å²) >= 11 is 0. The van der Waals surface area contributed by atoms with Gasteiger partial charge in [-0.15, -0.1) is 0 Å². The predicted molar refractivity (Wildman–Crippen MR) is 34.5 cm³/mol. The fourth-order valence-corrected chi connectivity index (χ4v) is 0.672. The second-order valence-electron chi connectivity index (χ2n) is 2.17. The highest BCUT2D eigenvalue weighted by molar-refractivity contribution is 5.83. The van der Waals surface area contributed by atoms with Gasteiger partial charge in [-0.05, 0) is 6.92 Å². The highest BCUT2D eigenvalue weighted by Crippen LogP contribution is 1.99. The molecule has 0 aliphatic carbocycles. The number of hydrogen-bond donors (Lipinski definition) is 1. The number of nitrogens with zero attached hydrogens (tertiary/aromatic N) is 1. The lowest BCUT2D eigenvalue weighted by atomic mass is 10.2. The van der Waals surface area contributed by atoms with Crippen molar-refractivity contribution in [2.45, 2.75) is 13.0 Å². The molecule has 0 saturated heterocycles. The van der Waals surface area contributed by atoms with E-state index < -0.39 is 0 Å². The molecule has 0 bridgehead atoms. The molecule has 9 heavy (non-hydrogen) atoms. The van der Waals surface area contributed by atoms with Gasteiger partial charge in [0.2, 0.25) is 5.91 Å². The highest BCUT2D eigenvalue weighted by Gasteiger charge is 2.16. The van der Waals surface area contributed by atoms with Gasteiger partial charge in [0.05, 0.1) is 0 Å². The van der Waals surface area contributed by atoms with Gasteiger partial charge in [-0.2, -0.15) is 0 Å². The molecule has 1 amide bonds. The van der Waals surface area contributed by atoms with E-state index in [2.05, 4.69) is 5.32 Å². The number of amides is 1. The Labute approximate surface area is 54.3 Å². The standard InChI is InChI=1S/C6H10N2O/c1-5-6(9)7-3-4-8(5)2/h3-5H,1-2H3,(H,7,9). The highest BCUT2D eigenvalue weighted by atomic mass is 16.2. The molecule has 1 atom stereocenters. The molecule has 0 radical (unpaired) electrons. The topological polar surface area (TPSA) is 32.3 Å². The number of nitrogens with one attached hydrogen (secondary N) is 1. The quantitative estimate of drug-likeness (QED) is 0.492. The molecule has 3 nitrogen and oxygen atoms in total. The monoisotopic (exact) mass is 126 g/mol. The van der Waals surface area contributed by atoms with Crippen LogP contribution in [0.3, 0.4) is 0 Å². The molecule has 50 valence electrons. The Morgan fingerprint density at radius 2 is 2.44 bits per heavy atom. The van der Waals surface area contributed by atoms with Gasteiger partial charge < -0.3 is 10.2 Å². The third-order valence-electron chi connectivity index (χ3n) is 1.53. The molecule has 1 unspecified atom stereocenters. The fourth-order valence-electron chi connectivity index (χ4n) is 0.672. The number of carbonyl (C=O) groups is 1. The molecule has 0 aromatic heterocycles. The van der Waals surface area contributed by atoms with E-state index in [1.54, 1.807) is 6.20 Å². The molecule has 1 aliphatic heterocycles. The van der Waals surface area contributed by atoms with Crippen molar-refractivity contribution in [1.29, 1.82) is 0 Å². The molecule has 0 saturated carbocycles. The lowest BCUT2D eigenvalue weighted by Gasteiger charge is -2.24. The Morgan fingerprint density at radius 3 is 2.89 bits per heavy atom. The van der Waals surface area contributed by atoms with Gasteiger partial charge in [0.15, 0.2) is 0 Å². The lowest BCUT2D eigenvalue weighted by molar-refractivity contribution is -0.124. The zero-order valence-electron chi connectivity index (χ0n) is 5.59. The van der Waals surface area contributed by atoms with E-state index in [0.717, 1.165) is 0 Å². The van der Waals surface area contributed by atoms with Crippen LogP contribution in [0.2, 0.25) is 0 Å². The first kappa shape index (κ1) is 6.13. The van der Waals surface area contributed by atoms with Crippen molar-refractivity contribution in [3.8, 4) is 0 Å². The van der Waals surface area contributed by atoms with E-state index in [-0.39, 0.29) is 11.9 Å². The van der Waals surface area contributed by atoms with Crippen LogP contribution >= 0.6 is 0 Å². The number of carbonyl (C=O) groups excluding carboxylic acids is 1. The van der Waals surface area contributed by atoms with Crippen molar-refractivity contribution < 1.29 is 4.79 Å². The Hall–Kier alpha value is -0.990. The van der Waals surface area contributed by atoms with Crippen molar-refractivity contribution in [3.63, 3.8) is 0 Å². The van der Waals surface area contributed by atoms with Crippen molar-refractivity contribution in [3.05, 3.63) is 12.4 Å². The largest absolute Gasteiger partial charge is 0.368 e. The maximum Gasteiger partial charge on any atom is 0.246 e. The van der Waals surface area contributed by atoms with E-state index >= 15 is 0 Å². The van der Waals surface area contributed by atoms with Gasteiger partial charge in [0.25, 0.3) is 0 Å². The van der Waals surface area contributed by atoms with Gasteiger partial charge in [-0.3, -0.25) is 4.79 Å². The number of hydrogen-bond acceptors (Lipinski definition) is 2. The average molecular weight is 126 g/mol. The van der Waals surface area contributed by atoms with Crippen LogP contribution in [0, 0.1) is 0 Å². The Balaban J connectivity index is 2.69. The maximum atomic E-state index is 10.8. The summed E-state index contributed by atoms with van der Waals surface area (Å²) in [5, 5.41) is 2.60. The van der Waals surface area contributed by atoms with Gasteiger partial charge >= 0.3 is 0 Å². The smallest absolute Gasteiger partial charge is 0.246 e. The van der Waals surface area contributed by atoms with Crippen LogP contribution in [0.5, 0.6) is 0 Å². The summed E-state index contributed by atoms with van der Waals surface area (Å²) < 4.78 is 0. The van der Waals surface area contributed by atoms with E-state index in [0.29, 0.717) is 0 Å². The summed E-state index contributed by atoms with van der Waals surface area (Å²) in [5.41, 5.74) is 0. The van der Waals surface area contributed by atoms with Gasteiger partial charge in [-0.25, -0.2) is 0 Å². The van der Waals surface area contributed by atoms with Crippen molar-refractivity contribution in [1.82, 2.24) is 10.2 Å². The zero-order valence-corrected chi connectivity index (χ0v) is 5.59. The average Bonchev–Trinajstić information content (AvgIpc) is 1.83. The predicted octanol–water partition coefficient (Wildman–Crippen LogP) is -0.0923. The molecule has 1 heterocycles. The van der Waals surface area contributed by atoms with E-state index in [1.807, 2.05) is 25.1 Å². The molecule has 0 fully saturated rings. The van der Waals surface area contributed by atoms with Crippen LogP contribution in [-0.2, 0) is 4.79 Å². The first-order valence-electron chi connectivity index (χ1n) is 2.91. The third-order valence-corrected chi connectivity index (χ3v) is 1.53. The lowest BCUT2D eigenvalue weighted by Crippen LogP contribution is -2.42. The van der Waals surface area contributed by atoms with E-state index in [1.165, 1.54) is 0 Å². The Bertz CT molecular complexity index is 153. The fraction of sp³-hybridized carbons (Fsp3) is 0.500.